The second-order valence-electron chi connectivity index (χ2n) is 5.15. The lowest BCUT2D eigenvalue weighted by molar-refractivity contribution is 0.0746. The molecule has 1 aliphatic rings. The highest BCUT2D eigenvalue weighted by atomic mass is 32.1. The maximum Gasteiger partial charge on any atom is 0.255 e. The lowest BCUT2D eigenvalue weighted by Crippen LogP contribution is -2.49. The third-order valence-corrected chi connectivity index (χ3v) is 4.64. The van der Waals surface area contributed by atoms with E-state index in [-0.39, 0.29) is 5.91 Å². The van der Waals surface area contributed by atoms with Crippen molar-refractivity contribution in [1.29, 1.82) is 0 Å². The molecule has 0 N–H and O–H groups in total. The minimum absolute atomic E-state index is 0.144. The summed E-state index contributed by atoms with van der Waals surface area (Å²) in [5, 5.41) is 0. The number of hydrogen-bond donors (Lipinski definition) is 0. The second kappa shape index (κ2) is 5.81. The molecular formula is C15H18N4OS. The van der Waals surface area contributed by atoms with E-state index in [1.807, 2.05) is 30.9 Å². The number of carbonyl (C=O) groups excluding carboxylic acids is 1. The number of rotatable bonds is 2. The number of thiophene rings is 1. The number of nitrogens with zero attached hydrogens (tertiary/aromatic N) is 4. The molecule has 1 saturated heterocycles. The summed E-state index contributed by atoms with van der Waals surface area (Å²) >= 11 is 1.68. The molecular weight excluding hydrogens is 284 g/mol. The molecule has 1 aliphatic heterocycles. The Morgan fingerprint density at radius 2 is 1.81 bits per heavy atom. The molecule has 0 atom stereocenters. The Kier molecular flexibility index (Phi) is 3.88. The lowest BCUT2D eigenvalue weighted by Gasteiger charge is -2.34. The fourth-order valence-electron chi connectivity index (χ4n) is 2.58. The lowest BCUT2D eigenvalue weighted by atomic mass is 10.2. The Hall–Kier alpha value is -1.95. The molecule has 0 unspecified atom stereocenters. The zero-order valence-corrected chi connectivity index (χ0v) is 13.1. The number of carbonyl (C=O) groups is 1. The van der Waals surface area contributed by atoms with Gasteiger partial charge in [0.05, 0.1) is 5.56 Å². The molecule has 21 heavy (non-hydrogen) atoms. The van der Waals surface area contributed by atoms with E-state index >= 15 is 0 Å². The Morgan fingerprint density at radius 3 is 2.38 bits per heavy atom. The zero-order chi connectivity index (χ0) is 14.8. The quantitative estimate of drug-likeness (QED) is 0.852. The topological polar surface area (TPSA) is 49.3 Å². The summed E-state index contributed by atoms with van der Waals surface area (Å²) in [6, 6.07) is 3.81. The first kappa shape index (κ1) is 14.0. The van der Waals surface area contributed by atoms with Gasteiger partial charge in [-0.25, -0.2) is 9.97 Å². The molecule has 3 rings (SSSR count). The second-order valence-corrected chi connectivity index (χ2v) is 6.62. The SMILES string of the molecule is Cc1cc(C(=O)N2CCN(c3ncccn3)CC2)c(C)s1. The Labute approximate surface area is 128 Å². The van der Waals surface area contributed by atoms with Gasteiger partial charge in [0.2, 0.25) is 5.95 Å². The highest BCUT2D eigenvalue weighted by Crippen LogP contribution is 2.22. The predicted molar refractivity (Wildman–Crippen MR) is 83.9 cm³/mol. The molecule has 2 aromatic rings. The average Bonchev–Trinajstić information content (AvgIpc) is 2.86. The zero-order valence-electron chi connectivity index (χ0n) is 12.2. The average molecular weight is 302 g/mol. The van der Waals surface area contributed by atoms with E-state index in [2.05, 4.69) is 14.9 Å². The molecule has 3 heterocycles. The van der Waals surface area contributed by atoms with Crippen LogP contribution in [0.25, 0.3) is 0 Å². The Balaban J connectivity index is 1.66. The molecule has 0 radical (unpaired) electrons. The van der Waals surface area contributed by atoms with E-state index in [1.165, 1.54) is 4.88 Å². The summed E-state index contributed by atoms with van der Waals surface area (Å²) in [5.41, 5.74) is 0.849. The number of hydrogen-bond acceptors (Lipinski definition) is 5. The van der Waals surface area contributed by atoms with Gasteiger partial charge in [-0.15, -0.1) is 11.3 Å². The van der Waals surface area contributed by atoms with E-state index in [4.69, 9.17) is 0 Å². The molecule has 0 saturated carbocycles. The smallest absolute Gasteiger partial charge is 0.255 e. The van der Waals surface area contributed by atoms with Gasteiger partial charge in [0.15, 0.2) is 0 Å². The van der Waals surface area contributed by atoms with Crippen LogP contribution in [0.1, 0.15) is 20.1 Å². The minimum Gasteiger partial charge on any atom is -0.337 e. The number of aromatic nitrogens is 2. The van der Waals surface area contributed by atoms with Crippen LogP contribution < -0.4 is 4.90 Å². The van der Waals surface area contributed by atoms with Crippen LogP contribution in [0.15, 0.2) is 24.5 Å². The van der Waals surface area contributed by atoms with Crippen molar-refractivity contribution in [2.24, 2.45) is 0 Å². The van der Waals surface area contributed by atoms with Crippen LogP contribution in [0, 0.1) is 13.8 Å². The fraction of sp³-hybridized carbons (Fsp3) is 0.400. The van der Waals surface area contributed by atoms with Crippen LogP contribution in [-0.2, 0) is 0 Å². The third-order valence-electron chi connectivity index (χ3n) is 3.67. The van der Waals surface area contributed by atoms with Crippen molar-refractivity contribution in [1.82, 2.24) is 14.9 Å². The largest absolute Gasteiger partial charge is 0.337 e. The normalized spacial score (nSPS) is 15.3. The van der Waals surface area contributed by atoms with Crippen molar-refractivity contribution in [3.05, 3.63) is 39.8 Å². The van der Waals surface area contributed by atoms with Gasteiger partial charge in [-0.3, -0.25) is 4.79 Å². The first-order chi connectivity index (χ1) is 10.1. The third kappa shape index (κ3) is 2.90. The van der Waals surface area contributed by atoms with E-state index in [0.29, 0.717) is 13.1 Å². The summed E-state index contributed by atoms with van der Waals surface area (Å²) in [7, 11) is 0. The summed E-state index contributed by atoms with van der Waals surface area (Å²) in [4.78, 5) is 27.4. The van der Waals surface area contributed by atoms with Crippen LogP contribution in [0.5, 0.6) is 0 Å². The van der Waals surface area contributed by atoms with Crippen molar-refractivity contribution in [2.75, 3.05) is 31.1 Å². The van der Waals surface area contributed by atoms with Gasteiger partial charge in [-0.05, 0) is 26.0 Å². The number of anilines is 1. The van der Waals surface area contributed by atoms with Gasteiger partial charge < -0.3 is 9.80 Å². The molecule has 1 amide bonds. The molecule has 6 heteroatoms. The van der Waals surface area contributed by atoms with Crippen molar-refractivity contribution >= 4 is 23.2 Å². The number of piperazine rings is 1. The monoisotopic (exact) mass is 302 g/mol. The maximum atomic E-state index is 12.6. The molecule has 1 fully saturated rings. The Bertz CT molecular complexity index is 632. The first-order valence-electron chi connectivity index (χ1n) is 7.03. The van der Waals surface area contributed by atoms with Gasteiger partial charge in [-0.2, -0.15) is 0 Å². The number of aryl methyl sites for hydroxylation is 2. The van der Waals surface area contributed by atoms with Crippen LogP contribution in [0.3, 0.4) is 0 Å². The molecule has 0 bridgehead atoms. The van der Waals surface area contributed by atoms with Gasteiger partial charge >= 0.3 is 0 Å². The van der Waals surface area contributed by atoms with Crippen molar-refractivity contribution in [3.8, 4) is 0 Å². The van der Waals surface area contributed by atoms with Gasteiger partial charge in [0, 0.05) is 48.3 Å². The van der Waals surface area contributed by atoms with Crippen molar-refractivity contribution in [2.45, 2.75) is 13.8 Å². The minimum atomic E-state index is 0.144. The predicted octanol–water partition coefficient (Wildman–Crippen LogP) is 2.12. The van der Waals surface area contributed by atoms with Crippen molar-refractivity contribution < 1.29 is 4.79 Å². The standard InChI is InChI=1S/C15H18N4OS/c1-11-10-13(12(2)21-11)14(20)18-6-8-19(9-7-18)15-16-4-3-5-17-15/h3-5,10H,6-9H2,1-2H3. The highest BCUT2D eigenvalue weighted by Gasteiger charge is 2.24. The van der Waals surface area contributed by atoms with E-state index in [0.717, 1.165) is 29.5 Å². The maximum absolute atomic E-state index is 12.6. The highest BCUT2D eigenvalue weighted by molar-refractivity contribution is 7.12. The Morgan fingerprint density at radius 1 is 1.14 bits per heavy atom. The first-order valence-corrected chi connectivity index (χ1v) is 7.85. The van der Waals surface area contributed by atoms with Crippen LogP contribution in [-0.4, -0.2) is 47.0 Å². The molecule has 0 aromatic carbocycles. The van der Waals surface area contributed by atoms with Crippen LogP contribution in [0.2, 0.25) is 0 Å². The van der Waals surface area contributed by atoms with E-state index in [9.17, 15) is 4.79 Å². The molecule has 2 aromatic heterocycles. The summed E-state index contributed by atoms with van der Waals surface area (Å²) in [6.07, 6.45) is 3.49. The van der Waals surface area contributed by atoms with E-state index in [1.54, 1.807) is 23.7 Å². The van der Waals surface area contributed by atoms with Gasteiger partial charge in [0.1, 0.15) is 0 Å². The van der Waals surface area contributed by atoms with E-state index < -0.39 is 0 Å². The fourth-order valence-corrected chi connectivity index (χ4v) is 3.49. The summed E-state index contributed by atoms with van der Waals surface area (Å²) in [5.74, 6) is 0.887. The number of amides is 1. The van der Waals surface area contributed by atoms with Crippen LogP contribution >= 0.6 is 11.3 Å². The van der Waals surface area contributed by atoms with Gasteiger partial charge in [-0.1, -0.05) is 0 Å². The molecule has 0 aliphatic carbocycles. The molecule has 5 nitrogen and oxygen atoms in total. The molecule has 110 valence electrons. The van der Waals surface area contributed by atoms with Crippen molar-refractivity contribution in [3.63, 3.8) is 0 Å². The summed E-state index contributed by atoms with van der Waals surface area (Å²) in [6.45, 7) is 7.03. The van der Waals surface area contributed by atoms with Gasteiger partial charge in [0.25, 0.3) is 5.91 Å². The molecule has 0 spiro atoms. The summed E-state index contributed by atoms with van der Waals surface area (Å²) < 4.78 is 0. The van der Waals surface area contributed by atoms with Crippen LogP contribution in [0.4, 0.5) is 5.95 Å².